The monoisotopic (exact) mass is 385 g/mol. The number of amides is 1. The molecule has 1 aromatic carbocycles. The molecule has 152 valence electrons. The van der Waals surface area contributed by atoms with Gasteiger partial charge in [-0.15, -0.1) is 0 Å². The summed E-state index contributed by atoms with van der Waals surface area (Å²) in [5.74, 6) is -0.653. The maximum absolute atomic E-state index is 13.6. The Kier molecular flexibility index (Phi) is 10.1. The normalized spacial score (nSPS) is 17.6. The van der Waals surface area contributed by atoms with Crippen molar-refractivity contribution in [2.45, 2.75) is 83.2 Å². The molecule has 0 bridgehead atoms. The molecule has 2 rings (SSSR count). The van der Waals surface area contributed by atoms with Gasteiger partial charge in [-0.25, -0.2) is 4.39 Å². The van der Waals surface area contributed by atoms with Crippen LogP contribution in [0.5, 0.6) is 0 Å². The Balaban J connectivity index is 1.87. The van der Waals surface area contributed by atoms with Crippen LogP contribution in [0.4, 0.5) is 4.39 Å². The van der Waals surface area contributed by atoms with Crippen LogP contribution in [0.1, 0.15) is 76.2 Å². The molecule has 0 saturated heterocycles. The first-order chi connectivity index (χ1) is 13.7. The molecule has 1 amide bonds. The molecule has 4 nitrogen and oxygen atoms in total. The summed E-state index contributed by atoms with van der Waals surface area (Å²) in [6.45, 7) is 0.231. The number of benzene rings is 1. The molecular formula is C23H32FN3O. The van der Waals surface area contributed by atoms with Crippen molar-refractivity contribution in [2.24, 2.45) is 0 Å². The Morgan fingerprint density at radius 1 is 1.04 bits per heavy atom. The van der Waals surface area contributed by atoms with Crippen LogP contribution in [0.3, 0.4) is 0 Å². The van der Waals surface area contributed by atoms with Crippen LogP contribution < -0.4 is 10.6 Å². The summed E-state index contributed by atoms with van der Waals surface area (Å²) in [5, 5.41) is 15.3. The number of nitrogens with zero attached hydrogens (tertiary/aromatic N) is 1. The Hall–Kier alpha value is -2.35. The van der Waals surface area contributed by atoms with E-state index in [1.165, 1.54) is 57.2 Å². The fourth-order valence-electron chi connectivity index (χ4n) is 3.62. The van der Waals surface area contributed by atoms with Crippen LogP contribution >= 0.6 is 0 Å². The molecule has 2 N–H and O–H groups in total. The molecule has 1 saturated carbocycles. The van der Waals surface area contributed by atoms with E-state index in [2.05, 4.69) is 10.6 Å². The third-order valence-electron chi connectivity index (χ3n) is 5.30. The van der Waals surface area contributed by atoms with Gasteiger partial charge >= 0.3 is 0 Å². The summed E-state index contributed by atoms with van der Waals surface area (Å²) < 4.78 is 13.6. The Morgan fingerprint density at radius 2 is 1.61 bits per heavy atom. The summed E-state index contributed by atoms with van der Waals surface area (Å²) in [6, 6.07) is 8.53. The largest absolute Gasteiger partial charge is 0.385 e. The minimum Gasteiger partial charge on any atom is -0.385 e. The van der Waals surface area contributed by atoms with E-state index >= 15 is 0 Å². The maximum atomic E-state index is 13.6. The Bertz CT molecular complexity index is 669. The SMILES string of the molecule is N#C/C(=C/NCc1ccccc1F)C(=O)NC1CCCCCCCCCCC1. The van der Waals surface area contributed by atoms with Crippen molar-refractivity contribution < 1.29 is 9.18 Å². The zero-order valence-corrected chi connectivity index (χ0v) is 16.7. The number of halogens is 1. The van der Waals surface area contributed by atoms with Crippen LogP contribution in [0.25, 0.3) is 0 Å². The van der Waals surface area contributed by atoms with Crippen LogP contribution in [-0.2, 0) is 11.3 Å². The van der Waals surface area contributed by atoms with Crippen molar-refractivity contribution in [2.75, 3.05) is 0 Å². The molecule has 1 aliphatic rings. The molecule has 5 heteroatoms. The van der Waals surface area contributed by atoms with Gasteiger partial charge in [-0.05, 0) is 18.9 Å². The zero-order valence-electron chi connectivity index (χ0n) is 16.7. The lowest BCUT2D eigenvalue weighted by Gasteiger charge is -2.19. The van der Waals surface area contributed by atoms with Crippen molar-refractivity contribution in [3.63, 3.8) is 0 Å². The lowest BCUT2D eigenvalue weighted by molar-refractivity contribution is -0.117. The van der Waals surface area contributed by atoms with Gasteiger partial charge in [0.05, 0.1) is 0 Å². The van der Waals surface area contributed by atoms with Crippen molar-refractivity contribution >= 4 is 5.91 Å². The molecule has 0 radical (unpaired) electrons. The van der Waals surface area contributed by atoms with Crippen molar-refractivity contribution in [3.8, 4) is 6.07 Å². The first kappa shape index (κ1) is 21.9. The summed E-state index contributed by atoms with van der Waals surface area (Å²) >= 11 is 0. The van der Waals surface area contributed by atoms with E-state index < -0.39 is 0 Å². The van der Waals surface area contributed by atoms with Crippen LogP contribution in [0.15, 0.2) is 36.0 Å². The highest BCUT2D eigenvalue weighted by atomic mass is 19.1. The van der Waals surface area contributed by atoms with E-state index in [4.69, 9.17) is 0 Å². The van der Waals surface area contributed by atoms with Crippen molar-refractivity contribution in [1.82, 2.24) is 10.6 Å². The van der Waals surface area contributed by atoms with Gasteiger partial charge in [0.25, 0.3) is 5.91 Å². The average molecular weight is 386 g/mol. The topological polar surface area (TPSA) is 64.9 Å². The first-order valence-corrected chi connectivity index (χ1v) is 10.6. The summed E-state index contributed by atoms with van der Waals surface area (Å²) in [6.07, 6.45) is 14.5. The lowest BCUT2D eigenvalue weighted by Crippen LogP contribution is -2.36. The van der Waals surface area contributed by atoms with Gasteiger partial charge in [-0.3, -0.25) is 4.79 Å². The van der Waals surface area contributed by atoms with Gasteiger partial charge in [0.15, 0.2) is 0 Å². The van der Waals surface area contributed by atoms with Gasteiger partial charge in [-0.1, -0.05) is 76.0 Å². The molecule has 0 heterocycles. The molecule has 0 aliphatic heterocycles. The highest BCUT2D eigenvalue weighted by Crippen LogP contribution is 2.17. The van der Waals surface area contributed by atoms with Crippen LogP contribution in [0, 0.1) is 17.1 Å². The van der Waals surface area contributed by atoms with Gasteiger partial charge < -0.3 is 10.6 Å². The van der Waals surface area contributed by atoms with Crippen LogP contribution in [0.2, 0.25) is 0 Å². The fraction of sp³-hybridized carbons (Fsp3) is 0.565. The van der Waals surface area contributed by atoms with E-state index in [9.17, 15) is 14.4 Å². The standard InChI is InChI=1S/C23H32FN3O/c24-22-15-11-10-12-19(22)17-26-18-20(16-25)23(28)27-21-13-8-6-4-2-1-3-5-7-9-14-21/h10-12,15,18,21,26H,1-9,13-14,17H2,(H,27,28)/b20-18-. The van der Waals surface area contributed by atoms with E-state index in [0.29, 0.717) is 5.56 Å². The highest BCUT2D eigenvalue weighted by molar-refractivity contribution is 5.97. The second-order valence-corrected chi connectivity index (χ2v) is 7.57. The molecule has 0 atom stereocenters. The van der Waals surface area contributed by atoms with E-state index in [-0.39, 0.29) is 29.9 Å². The third-order valence-corrected chi connectivity index (χ3v) is 5.30. The molecule has 0 aromatic heterocycles. The van der Waals surface area contributed by atoms with E-state index in [1.807, 2.05) is 6.07 Å². The lowest BCUT2D eigenvalue weighted by atomic mass is 9.98. The molecule has 0 unspecified atom stereocenters. The quantitative estimate of drug-likeness (QED) is 0.547. The Labute approximate surface area is 168 Å². The van der Waals surface area contributed by atoms with E-state index in [0.717, 1.165) is 25.7 Å². The molecule has 0 spiro atoms. The number of rotatable bonds is 5. The zero-order chi connectivity index (χ0) is 20.0. The minimum atomic E-state index is -0.347. The Morgan fingerprint density at radius 3 is 2.18 bits per heavy atom. The molecule has 1 aromatic rings. The van der Waals surface area contributed by atoms with E-state index in [1.54, 1.807) is 18.2 Å². The fourth-order valence-corrected chi connectivity index (χ4v) is 3.62. The molecule has 1 fully saturated rings. The first-order valence-electron chi connectivity index (χ1n) is 10.6. The summed E-state index contributed by atoms with van der Waals surface area (Å²) in [4.78, 5) is 12.5. The number of hydrogen-bond acceptors (Lipinski definition) is 3. The number of hydrogen-bond donors (Lipinski definition) is 2. The smallest absolute Gasteiger partial charge is 0.263 e. The summed E-state index contributed by atoms with van der Waals surface area (Å²) in [5.41, 5.74) is 0.526. The van der Waals surface area contributed by atoms with Crippen LogP contribution in [-0.4, -0.2) is 11.9 Å². The van der Waals surface area contributed by atoms with Crippen molar-refractivity contribution in [1.29, 1.82) is 5.26 Å². The third kappa shape index (κ3) is 8.12. The van der Waals surface area contributed by atoms with Gasteiger partial charge in [0.2, 0.25) is 0 Å². The number of carbonyl (C=O) groups excluding carboxylic acids is 1. The predicted octanol–water partition coefficient (Wildman–Crippen LogP) is 5.11. The second-order valence-electron chi connectivity index (χ2n) is 7.57. The molecule has 1 aliphatic carbocycles. The van der Waals surface area contributed by atoms with Gasteiger partial charge in [0, 0.05) is 24.4 Å². The molecular weight excluding hydrogens is 353 g/mol. The second kappa shape index (κ2) is 12.9. The highest BCUT2D eigenvalue weighted by Gasteiger charge is 2.16. The van der Waals surface area contributed by atoms with Gasteiger partial charge in [-0.2, -0.15) is 5.26 Å². The minimum absolute atomic E-state index is 0.0301. The number of nitriles is 1. The predicted molar refractivity (Wildman–Crippen MR) is 110 cm³/mol. The summed E-state index contributed by atoms with van der Waals surface area (Å²) in [7, 11) is 0. The number of carbonyl (C=O) groups is 1. The number of nitrogens with one attached hydrogen (secondary N) is 2. The van der Waals surface area contributed by atoms with Crippen molar-refractivity contribution in [3.05, 3.63) is 47.4 Å². The average Bonchev–Trinajstić information content (AvgIpc) is 2.68. The van der Waals surface area contributed by atoms with Gasteiger partial charge in [0.1, 0.15) is 17.5 Å². The molecule has 28 heavy (non-hydrogen) atoms. The maximum Gasteiger partial charge on any atom is 0.263 e.